The lowest BCUT2D eigenvalue weighted by Gasteiger charge is -2.33. The molecular weight excluding hydrogens is 430 g/mol. The van der Waals surface area contributed by atoms with E-state index in [1.807, 2.05) is 30.3 Å². The molecular formula is C27H37N3O2S. The van der Waals surface area contributed by atoms with E-state index in [0.717, 1.165) is 35.6 Å². The number of nitrogens with zero attached hydrogens (tertiary/aromatic N) is 2. The van der Waals surface area contributed by atoms with Gasteiger partial charge in [-0.05, 0) is 53.5 Å². The summed E-state index contributed by atoms with van der Waals surface area (Å²) in [6.45, 7) is 14.2. The molecule has 0 spiro atoms. The summed E-state index contributed by atoms with van der Waals surface area (Å²) >= 11 is 1.50. The topological polar surface area (TPSA) is 53.9 Å². The second-order valence-corrected chi connectivity index (χ2v) is 11.6. The van der Waals surface area contributed by atoms with Crippen LogP contribution in [0.4, 0.5) is 5.69 Å². The van der Waals surface area contributed by atoms with E-state index in [2.05, 4.69) is 70.3 Å². The van der Waals surface area contributed by atoms with E-state index in [-0.39, 0.29) is 16.7 Å². The number of hydrazine groups is 1. The highest BCUT2D eigenvalue weighted by atomic mass is 32.2. The van der Waals surface area contributed by atoms with Gasteiger partial charge in [0.25, 0.3) is 5.91 Å². The summed E-state index contributed by atoms with van der Waals surface area (Å²) in [5, 5.41) is 5.21. The molecule has 6 heteroatoms. The number of ether oxygens (including phenoxy) is 1. The summed E-state index contributed by atoms with van der Waals surface area (Å²) in [5.41, 5.74) is 5.36. The molecule has 1 heterocycles. The average molecular weight is 468 g/mol. The Labute approximate surface area is 203 Å². The van der Waals surface area contributed by atoms with Gasteiger partial charge >= 0.3 is 0 Å². The summed E-state index contributed by atoms with van der Waals surface area (Å²) in [7, 11) is 0. The molecule has 0 radical (unpaired) electrons. The summed E-state index contributed by atoms with van der Waals surface area (Å²) in [4.78, 5) is 14.0. The number of hydrazone groups is 1. The van der Waals surface area contributed by atoms with Crippen LogP contribution >= 0.6 is 11.8 Å². The van der Waals surface area contributed by atoms with Gasteiger partial charge < -0.3 is 4.74 Å². The van der Waals surface area contributed by atoms with Gasteiger partial charge in [-0.25, -0.2) is 0 Å². The monoisotopic (exact) mass is 467 g/mol. The predicted molar refractivity (Wildman–Crippen MR) is 139 cm³/mol. The molecule has 5 nitrogen and oxygen atoms in total. The van der Waals surface area contributed by atoms with Crippen LogP contribution in [-0.4, -0.2) is 29.1 Å². The highest BCUT2D eigenvalue weighted by Crippen LogP contribution is 2.41. The number of amides is 1. The molecule has 178 valence electrons. The Balaban J connectivity index is 1.80. The Morgan fingerprint density at radius 2 is 1.82 bits per heavy atom. The first-order valence-corrected chi connectivity index (χ1v) is 12.6. The van der Waals surface area contributed by atoms with Gasteiger partial charge in [0.1, 0.15) is 11.0 Å². The lowest BCUT2D eigenvalue weighted by Crippen LogP contribution is -2.32. The first-order valence-electron chi connectivity index (χ1n) is 11.7. The van der Waals surface area contributed by atoms with Crippen LogP contribution in [0.5, 0.6) is 5.75 Å². The van der Waals surface area contributed by atoms with Gasteiger partial charge in [0.2, 0.25) is 0 Å². The molecule has 1 amide bonds. The zero-order valence-corrected chi connectivity index (χ0v) is 21.5. The highest BCUT2D eigenvalue weighted by Gasteiger charge is 2.32. The van der Waals surface area contributed by atoms with Gasteiger partial charge in [0, 0.05) is 0 Å². The molecule has 0 saturated carbocycles. The van der Waals surface area contributed by atoms with Gasteiger partial charge in [-0.1, -0.05) is 72.2 Å². The number of unbranched alkanes of at least 4 members (excludes halogenated alkanes) is 1. The van der Waals surface area contributed by atoms with E-state index in [1.165, 1.54) is 22.4 Å². The highest BCUT2D eigenvalue weighted by molar-refractivity contribution is 8.01. The molecule has 2 aromatic carbocycles. The van der Waals surface area contributed by atoms with Crippen LogP contribution in [0.15, 0.2) is 58.5 Å². The van der Waals surface area contributed by atoms with Crippen LogP contribution in [-0.2, 0) is 10.2 Å². The first kappa shape index (κ1) is 25.2. The molecule has 1 aliphatic rings. The number of benzene rings is 2. The molecule has 0 fully saturated rings. The Morgan fingerprint density at radius 3 is 2.48 bits per heavy atom. The molecule has 0 bridgehead atoms. The third kappa shape index (κ3) is 7.00. The minimum Gasteiger partial charge on any atom is -0.492 e. The number of carbonyl (C=O) groups excluding carboxylic acids is 1. The van der Waals surface area contributed by atoms with Crippen molar-refractivity contribution in [2.24, 2.45) is 10.5 Å². The lowest BCUT2D eigenvalue weighted by molar-refractivity contribution is -0.126. The Bertz CT molecular complexity index is 967. The fourth-order valence-corrected chi connectivity index (χ4v) is 5.23. The van der Waals surface area contributed by atoms with Crippen molar-refractivity contribution in [3.8, 4) is 5.75 Å². The number of thioether (sulfide) groups is 1. The van der Waals surface area contributed by atoms with Gasteiger partial charge in [0.15, 0.2) is 0 Å². The second-order valence-electron chi connectivity index (χ2n) is 10.4. The minimum absolute atomic E-state index is 0.00415. The maximum atomic E-state index is 13.0. The zero-order valence-electron chi connectivity index (χ0n) is 20.7. The smallest absolute Gasteiger partial charge is 0.281 e. The van der Waals surface area contributed by atoms with Crippen molar-refractivity contribution >= 4 is 29.6 Å². The SMILES string of the molecule is CCCCOc1ccc(C(C)(C)CC(C)(C)C)cc1SC1C=NN(Nc2ccccc2)C1=O. The van der Waals surface area contributed by atoms with E-state index in [0.29, 0.717) is 6.61 Å². The van der Waals surface area contributed by atoms with Crippen molar-refractivity contribution < 1.29 is 9.53 Å². The first-order chi connectivity index (χ1) is 15.6. The number of para-hydroxylation sites is 1. The maximum Gasteiger partial charge on any atom is 0.281 e. The summed E-state index contributed by atoms with van der Waals surface area (Å²) in [5.74, 6) is 0.738. The number of nitrogens with one attached hydrogen (secondary N) is 1. The Hall–Kier alpha value is -2.47. The summed E-state index contributed by atoms with van der Waals surface area (Å²) in [6, 6.07) is 16.0. The van der Waals surface area contributed by atoms with Crippen molar-refractivity contribution in [1.82, 2.24) is 5.12 Å². The van der Waals surface area contributed by atoms with Gasteiger partial charge in [-0.15, -0.1) is 16.9 Å². The van der Waals surface area contributed by atoms with Gasteiger partial charge in [-0.2, -0.15) is 5.10 Å². The van der Waals surface area contributed by atoms with Crippen LogP contribution < -0.4 is 10.2 Å². The molecule has 1 unspecified atom stereocenters. The molecule has 0 saturated heterocycles. The fourth-order valence-electron chi connectivity index (χ4n) is 4.20. The van der Waals surface area contributed by atoms with Gasteiger partial charge in [0.05, 0.1) is 23.4 Å². The molecule has 3 rings (SSSR count). The van der Waals surface area contributed by atoms with Crippen molar-refractivity contribution in [3.63, 3.8) is 0 Å². The van der Waals surface area contributed by atoms with Crippen molar-refractivity contribution in [2.75, 3.05) is 12.0 Å². The van der Waals surface area contributed by atoms with E-state index < -0.39 is 5.25 Å². The van der Waals surface area contributed by atoms with Crippen LogP contribution in [0, 0.1) is 5.41 Å². The van der Waals surface area contributed by atoms with Crippen LogP contribution in [0.3, 0.4) is 0 Å². The molecule has 2 aromatic rings. The second kappa shape index (κ2) is 10.6. The largest absolute Gasteiger partial charge is 0.492 e. The number of hydrogen-bond donors (Lipinski definition) is 1. The molecule has 1 N–H and O–H groups in total. The Kier molecular flexibility index (Phi) is 8.11. The van der Waals surface area contributed by atoms with Crippen LogP contribution in [0.25, 0.3) is 0 Å². The Morgan fingerprint density at radius 1 is 1.09 bits per heavy atom. The number of hydrogen-bond acceptors (Lipinski definition) is 5. The van der Waals surface area contributed by atoms with Crippen molar-refractivity contribution in [1.29, 1.82) is 0 Å². The zero-order chi connectivity index (χ0) is 24.1. The quantitative estimate of drug-likeness (QED) is 0.386. The third-order valence-corrected chi connectivity index (χ3v) is 6.64. The predicted octanol–water partition coefficient (Wildman–Crippen LogP) is 6.90. The average Bonchev–Trinajstić information content (AvgIpc) is 3.07. The van der Waals surface area contributed by atoms with Crippen molar-refractivity contribution in [2.45, 2.75) is 76.4 Å². The van der Waals surface area contributed by atoms with E-state index in [4.69, 9.17) is 4.74 Å². The normalized spacial score (nSPS) is 16.4. The molecule has 0 aliphatic carbocycles. The van der Waals surface area contributed by atoms with Crippen molar-refractivity contribution in [3.05, 3.63) is 54.1 Å². The van der Waals surface area contributed by atoms with E-state index in [9.17, 15) is 4.79 Å². The maximum absolute atomic E-state index is 13.0. The number of anilines is 1. The minimum atomic E-state index is -0.407. The summed E-state index contributed by atoms with van der Waals surface area (Å²) in [6.07, 6.45) is 4.83. The fraction of sp³-hybridized carbons (Fsp3) is 0.481. The van der Waals surface area contributed by atoms with E-state index in [1.54, 1.807) is 6.21 Å². The molecule has 33 heavy (non-hydrogen) atoms. The molecule has 1 aliphatic heterocycles. The lowest BCUT2D eigenvalue weighted by atomic mass is 9.72. The standard InChI is InChI=1S/C27H37N3O2S/c1-7-8-16-32-22-15-14-20(27(5,6)19-26(2,3)4)17-23(22)33-24-18-28-30(25(24)31)29-21-12-10-9-11-13-21/h9-15,17-18,24,29H,7-8,16,19H2,1-6H3. The van der Waals surface area contributed by atoms with Gasteiger partial charge in [-0.3, -0.25) is 10.2 Å². The van der Waals surface area contributed by atoms with Crippen LogP contribution in [0.1, 0.15) is 66.4 Å². The third-order valence-electron chi connectivity index (χ3n) is 5.49. The molecule has 1 atom stereocenters. The molecule has 0 aromatic heterocycles. The number of rotatable bonds is 10. The number of carbonyl (C=O) groups is 1. The summed E-state index contributed by atoms with van der Waals surface area (Å²) < 4.78 is 6.11. The van der Waals surface area contributed by atoms with Crippen LogP contribution in [0.2, 0.25) is 0 Å². The van der Waals surface area contributed by atoms with E-state index >= 15 is 0 Å².